The summed E-state index contributed by atoms with van der Waals surface area (Å²) < 4.78 is 27.0. The first-order valence-electron chi connectivity index (χ1n) is 26.0. The van der Waals surface area contributed by atoms with Crippen molar-refractivity contribution in [3.8, 4) is 0 Å². The molecular weight excluding hydrogens is 774 g/mol. The highest BCUT2D eigenvalue weighted by Gasteiger charge is 2.23. The average molecular weight is 874 g/mol. The Morgan fingerprint density at radius 1 is 0.450 bits per heavy atom. The van der Waals surface area contributed by atoms with E-state index in [2.05, 4.69) is 19.2 Å². The van der Waals surface area contributed by atoms with Crippen molar-refractivity contribution in [2.45, 2.75) is 283 Å². The van der Waals surface area contributed by atoms with Gasteiger partial charge in [-0.05, 0) is 12.8 Å². The van der Waals surface area contributed by atoms with Gasteiger partial charge < -0.3 is 20.1 Å². The second-order valence-corrected chi connectivity index (χ2v) is 19.3. The summed E-state index contributed by atoms with van der Waals surface area (Å²) in [7, 11) is -4.41. The summed E-state index contributed by atoms with van der Waals surface area (Å²) >= 11 is 0. The van der Waals surface area contributed by atoms with Crippen LogP contribution in [0.3, 0.4) is 0 Å². The van der Waals surface area contributed by atoms with E-state index >= 15 is 0 Å². The Morgan fingerprint density at radius 2 is 0.750 bits per heavy atom. The number of rotatable bonds is 50. The number of amides is 1. The van der Waals surface area contributed by atoms with Crippen molar-refractivity contribution in [1.82, 2.24) is 5.32 Å². The maximum Gasteiger partial charge on any atom is 0.472 e. The van der Waals surface area contributed by atoms with E-state index < -0.39 is 26.5 Å². The number of hydrogen-bond donors (Lipinski definition) is 3. The highest BCUT2D eigenvalue weighted by Crippen LogP contribution is 2.42. The smallest absolute Gasteiger partial charge is 0.463 e. The Labute approximate surface area is 371 Å². The Morgan fingerprint density at radius 3 is 1.08 bits per heavy atom. The number of phosphoric acid groups is 1. The van der Waals surface area contributed by atoms with Gasteiger partial charge >= 0.3 is 13.8 Å². The van der Waals surface area contributed by atoms with E-state index in [-0.39, 0.29) is 25.7 Å². The van der Waals surface area contributed by atoms with Crippen LogP contribution in [0.5, 0.6) is 0 Å². The van der Waals surface area contributed by atoms with E-state index in [4.69, 9.17) is 13.8 Å². The van der Waals surface area contributed by atoms with Gasteiger partial charge in [0.15, 0.2) is 0 Å². The molecule has 0 radical (unpaired) electrons. The number of carbonyl (C=O) groups excluding carboxylic acids is 2. The van der Waals surface area contributed by atoms with Gasteiger partial charge in [-0.15, -0.1) is 0 Å². The summed E-state index contributed by atoms with van der Waals surface area (Å²) in [5, 5.41) is 12.8. The molecule has 0 heterocycles. The normalized spacial score (nSPS) is 13.1. The van der Waals surface area contributed by atoms with E-state index in [0.29, 0.717) is 12.8 Å². The molecule has 0 aliphatic carbocycles. The molecule has 0 aliphatic heterocycles. The number of carbonyl (C=O) groups is 2. The lowest BCUT2D eigenvalue weighted by Crippen LogP contribution is -2.27. The Hall–Kier alpha value is -0.990. The van der Waals surface area contributed by atoms with Gasteiger partial charge in [0.1, 0.15) is 12.7 Å². The fourth-order valence-electron chi connectivity index (χ4n) is 7.86. The lowest BCUT2D eigenvalue weighted by Gasteiger charge is -2.15. The fraction of sp³-hybridized carbons (Fsp3) is 0.960. The summed E-state index contributed by atoms with van der Waals surface area (Å²) in [5.41, 5.74) is 0. The van der Waals surface area contributed by atoms with Crippen LogP contribution in [-0.2, 0) is 27.9 Å². The third kappa shape index (κ3) is 48.0. The molecule has 9 nitrogen and oxygen atoms in total. The van der Waals surface area contributed by atoms with Crippen LogP contribution in [0.4, 0.5) is 0 Å². The molecule has 2 atom stereocenters. The molecule has 0 fully saturated rings. The summed E-state index contributed by atoms with van der Waals surface area (Å²) in [5.74, 6) is -0.498. The molecule has 0 saturated heterocycles. The van der Waals surface area contributed by atoms with Crippen LogP contribution in [0.25, 0.3) is 0 Å². The number of esters is 1. The van der Waals surface area contributed by atoms with Crippen LogP contribution in [0.15, 0.2) is 0 Å². The predicted molar refractivity (Wildman–Crippen MR) is 252 cm³/mol. The Balaban J connectivity index is 3.48. The third-order valence-electron chi connectivity index (χ3n) is 11.8. The zero-order valence-corrected chi connectivity index (χ0v) is 40.6. The first-order valence-corrected chi connectivity index (χ1v) is 27.5. The van der Waals surface area contributed by atoms with Crippen LogP contribution in [0.2, 0.25) is 0 Å². The second-order valence-electron chi connectivity index (χ2n) is 17.9. The maximum absolute atomic E-state index is 12.1. The van der Waals surface area contributed by atoms with Crippen molar-refractivity contribution >= 4 is 19.7 Å². The zero-order chi connectivity index (χ0) is 43.9. The van der Waals surface area contributed by atoms with Gasteiger partial charge in [0.05, 0.1) is 13.2 Å². The van der Waals surface area contributed by atoms with Crippen molar-refractivity contribution in [1.29, 1.82) is 0 Å². The molecule has 0 rings (SSSR count). The minimum Gasteiger partial charge on any atom is -0.463 e. The van der Waals surface area contributed by atoms with Crippen LogP contribution in [0.1, 0.15) is 277 Å². The molecule has 358 valence electrons. The van der Waals surface area contributed by atoms with Crippen molar-refractivity contribution in [3.05, 3.63) is 0 Å². The monoisotopic (exact) mass is 874 g/mol. The molecule has 0 bridgehead atoms. The Bertz CT molecular complexity index is 953. The first-order chi connectivity index (χ1) is 29.3. The summed E-state index contributed by atoms with van der Waals surface area (Å²) in [6, 6.07) is 0. The number of aliphatic hydroxyl groups is 1. The van der Waals surface area contributed by atoms with Crippen LogP contribution >= 0.6 is 7.82 Å². The highest BCUT2D eigenvalue weighted by molar-refractivity contribution is 7.47. The summed E-state index contributed by atoms with van der Waals surface area (Å²) in [4.78, 5) is 34.0. The molecule has 0 aliphatic rings. The van der Waals surface area contributed by atoms with Gasteiger partial charge in [0.2, 0.25) is 5.91 Å². The van der Waals surface area contributed by atoms with E-state index in [9.17, 15) is 24.2 Å². The molecule has 0 aromatic rings. The molecule has 0 saturated carbocycles. The van der Waals surface area contributed by atoms with E-state index in [1.807, 2.05) is 0 Å². The van der Waals surface area contributed by atoms with Gasteiger partial charge in [-0.25, -0.2) is 4.57 Å². The molecule has 1 amide bonds. The quantitative estimate of drug-likeness (QED) is 0.0313. The van der Waals surface area contributed by atoms with Crippen LogP contribution in [-0.4, -0.2) is 54.3 Å². The fourth-order valence-corrected chi connectivity index (χ4v) is 8.61. The standard InChI is InChI=1S/C50H100NO8P/c1-3-5-7-9-11-13-15-17-19-20-21-22-23-24-25-26-27-29-31-33-35-37-39-41-43-50(54)57-46-48(52)47-59-60(55,56)58-45-44-51-49(53)42-40-38-36-34-32-30-28-18-16-14-12-10-8-6-4-2/h48,52H,3-47H2,1-2H3,(H,51,53)(H,55,56). The van der Waals surface area contributed by atoms with Gasteiger partial charge in [0.25, 0.3) is 0 Å². The number of hydrogen-bond acceptors (Lipinski definition) is 7. The van der Waals surface area contributed by atoms with Crippen LogP contribution < -0.4 is 5.32 Å². The van der Waals surface area contributed by atoms with E-state index in [1.165, 1.54) is 212 Å². The van der Waals surface area contributed by atoms with Crippen molar-refractivity contribution in [2.75, 3.05) is 26.4 Å². The number of unbranched alkanes of at least 4 members (excludes halogenated alkanes) is 37. The molecular formula is C50H100NO8P. The van der Waals surface area contributed by atoms with Gasteiger partial charge in [-0.3, -0.25) is 18.6 Å². The van der Waals surface area contributed by atoms with Gasteiger partial charge in [-0.2, -0.15) is 0 Å². The molecule has 0 aromatic heterocycles. The SMILES string of the molecule is CCCCCCCCCCCCCCCCCCCCCCCCCCC(=O)OCC(O)COP(=O)(O)OCCNC(=O)CCCCCCCCCCCCCCCCC. The van der Waals surface area contributed by atoms with Crippen molar-refractivity contribution in [3.63, 3.8) is 0 Å². The molecule has 0 aromatic carbocycles. The van der Waals surface area contributed by atoms with Gasteiger partial charge in [-0.1, -0.05) is 251 Å². The summed E-state index contributed by atoms with van der Waals surface area (Å²) in [6.45, 7) is 3.62. The molecule has 2 unspecified atom stereocenters. The van der Waals surface area contributed by atoms with E-state index in [0.717, 1.165) is 38.5 Å². The number of ether oxygens (including phenoxy) is 1. The number of aliphatic hydroxyl groups excluding tert-OH is 1. The lowest BCUT2D eigenvalue weighted by atomic mass is 10.0. The Kier molecular flexibility index (Phi) is 46.7. The van der Waals surface area contributed by atoms with Gasteiger partial charge in [0, 0.05) is 19.4 Å². The lowest BCUT2D eigenvalue weighted by molar-refractivity contribution is -0.147. The number of nitrogens with one attached hydrogen (secondary N) is 1. The first kappa shape index (κ1) is 59.0. The third-order valence-corrected chi connectivity index (χ3v) is 12.8. The minimum absolute atomic E-state index is 0.0886. The molecule has 3 N–H and O–H groups in total. The molecule has 60 heavy (non-hydrogen) atoms. The average Bonchev–Trinajstić information content (AvgIpc) is 3.23. The zero-order valence-electron chi connectivity index (χ0n) is 39.7. The second kappa shape index (κ2) is 47.5. The summed E-state index contributed by atoms with van der Waals surface area (Å²) in [6.07, 6.45) is 50.5. The van der Waals surface area contributed by atoms with Crippen LogP contribution in [0, 0.1) is 0 Å². The van der Waals surface area contributed by atoms with Crippen molar-refractivity contribution < 1.29 is 37.9 Å². The largest absolute Gasteiger partial charge is 0.472 e. The number of phosphoric ester groups is 1. The topological polar surface area (TPSA) is 131 Å². The highest BCUT2D eigenvalue weighted by atomic mass is 31.2. The van der Waals surface area contributed by atoms with Crippen molar-refractivity contribution in [2.24, 2.45) is 0 Å². The minimum atomic E-state index is -4.41. The van der Waals surface area contributed by atoms with E-state index in [1.54, 1.807) is 0 Å². The molecule has 10 heteroatoms. The predicted octanol–water partition coefficient (Wildman–Crippen LogP) is 15.2. The maximum atomic E-state index is 12.1. The molecule has 0 spiro atoms.